The lowest BCUT2D eigenvalue weighted by Crippen LogP contribution is -2.31. The minimum atomic E-state index is -0.785. The van der Waals surface area contributed by atoms with Crippen molar-refractivity contribution in [3.63, 3.8) is 0 Å². The highest BCUT2D eigenvalue weighted by molar-refractivity contribution is 5.67. The van der Waals surface area contributed by atoms with Crippen molar-refractivity contribution in [2.75, 3.05) is 6.61 Å². The molecule has 0 aromatic carbocycles. The molecule has 0 N–H and O–H groups in total. The van der Waals surface area contributed by atoms with E-state index in [2.05, 4.69) is 0 Å². The van der Waals surface area contributed by atoms with Gasteiger partial charge in [-0.2, -0.15) is 0 Å². The van der Waals surface area contributed by atoms with Crippen molar-refractivity contribution in [3.05, 3.63) is 0 Å². The Bertz CT molecular complexity index is 338. The molecule has 0 radical (unpaired) electrons. The van der Waals surface area contributed by atoms with Gasteiger partial charge in [0.2, 0.25) is 6.29 Å². The molecule has 102 valence electrons. The Kier molecular flexibility index (Phi) is 5.08. The predicted octanol–water partition coefficient (Wildman–Crippen LogP) is 0.159. The lowest BCUT2D eigenvalue weighted by atomic mass is 10.2. The van der Waals surface area contributed by atoms with Crippen LogP contribution in [0.1, 0.15) is 27.2 Å². The van der Waals surface area contributed by atoms with Gasteiger partial charge >= 0.3 is 17.9 Å². The summed E-state index contributed by atoms with van der Waals surface area (Å²) in [7, 11) is 0. The van der Waals surface area contributed by atoms with Gasteiger partial charge in [0, 0.05) is 20.8 Å². The molecule has 0 aromatic rings. The summed E-state index contributed by atoms with van der Waals surface area (Å²) in [5.74, 6) is -1.43. The second kappa shape index (κ2) is 6.34. The molecule has 0 aromatic heterocycles. The van der Waals surface area contributed by atoms with Crippen LogP contribution < -0.4 is 0 Å². The standard InChI is InChI=1S/C11H16O7/c1-6(12)15-5-10-9(16-7(2)13)4-11(18-10)17-8(3)14/h9-11H,4-5H2,1-3H3/t9-,10?,11?/m0/s1. The maximum absolute atomic E-state index is 10.9. The molecule has 0 saturated carbocycles. The summed E-state index contributed by atoms with van der Waals surface area (Å²) in [5, 5.41) is 0. The van der Waals surface area contributed by atoms with Crippen LogP contribution in [0.3, 0.4) is 0 Å². The second-order valence-corrected chi connectivity index (χ2v) is 3.90. The predicted molar refractivity (Wildman–Crippen MR) is 57.2 cm³/mol. The fourth-order valence-electron chi connectivity index (χ4n) is 1.62. The van der Waals surface area contributed by atoms with Crippen molar-refractivity contribution in [1.29, 1.82) is 0 Å². The molecule has 1 heterocycles. The van der Waals surface area contributed by atoms with Gasteiger partial charge in [-0.05, 0) is 0 Å². The van der Waals surface area contributed by atoms with Gasteiger partial charge < -0.3 is 18.9 Å². The van der Waals surface area contributed by atoms with Crippen molar-refractivity contribution in [2.45, 2.75) is 45.7 Å². The summed E-state index contributed by atoms with van der Waals surface area (Å²) < 4.78 is 20.0. The molecule has 18 heavy (non-hydrogen) atoms. The lowest BCUT2D eigenvalue weighted by molar-refractivity contribution is -0.179. The molecular formula is C11H16O7. The quantitative estimate of drug-likeness (QED) is 0.525. The van der Waals surface area contributed by atoms with E-state index in [0.717, 1.165) is 0 Å². The summed E-state index contributed by atoms with van der Waals surface area (Å²) in [6, 6.07) is 0. The third-order valence-electron chi connectivity index (χ3n) is 2.23. The topological polar surface area (TPSA) is 88.1 Å². The van der Waals surface area contributed by atoms with E-state index < -0.39 is 36.4 Å². The number of ether oxygens (including phenoxy) is 4. The fourth-order valence-corrected chi connectivity index (χ4v) is 1.62. The molecular weight excluding hydrogens is 244 g/mol. The molecule has 3 atom stereocenters. The van der Waals surface area contributed by atoms with Crippen molar-refractivity contribution in [1.82, 2.24) is 0 Å². The molecule has 1 aliphatic rings. The zero-order valence-corrected chi connectivity index (χ0v) is 10.5. The van der Waals surface area contributed by atoms with Crippen molar-refractivity contribution < 1.29 is 33.3 Å². The number of carbonyl (C=O) groups is 3. The Labute approximate surface area is 104 Å². The van der Waals surface area contributed by atoms with E-state index in [1.807, 2.05) is 0 Å². The van der Waals surface area contributed by atoms with Gasteiger partial charge in [-0.1, -0.05) is 0 Å². The Morgan fingerprint density at radius 1 is 1.06 bits per heavy atom. The van der Waals surface area contributed by atoms with Gasteiger partial charge in [0.25, 0.3) is 0 Å². The summed E-state index contributed by atoms with van der Waals surface area (Å²) >= 11 is 0. The van der Waals surface area contributed by atoms with E-state index >= 15 is 0 Å². The van der Waals surface area contributed by atoms with E-state index in [-0.39, 0.29) is 13.0 Å². The van der Waals surface area contributed by atoms with E-state index in [9.17, 15) is 14.4 Å². The maximum Gasteiger partial charge on any atom is 0.304 e. The summed E-state index contributed by atoms with van der Waals surface area (Å²) in [6.45, 7) is 3.73. The van der Waals surface area contributed by atoms with Crippen molar-refractivity contribution >= 4 is 17.9 Å². The average Bonchev–Trinajstić information content (AvgIpc) is 2.55. The first-order valence-electron chi connectivity index (χ1n) is 5.51. The molecule has 1 rings (SSSR count). The Morgan fingerprint density at radius 2 is 1.67 bits per heavy atom. The van der Waals surface area contributed by atoms with Crippen LogP contribution in [0.25, 0.3) is 0 Å². The van der Waals surface area contributed by atoms with Crippen LogP contribution >= 0.6 is 0 Å². The van der Waals surface area contributed by atoms with Gasteiger partial charge in [-0.15, -0.1) is 0 Å². The SMILES string of the molecule is CC(=O)OCC1OC(OC(C)=O)C[C@@H]1OC(C)=O. The first-order valence-corrected chi connectivity index (χ1v) is 5.51. The molecule has 0 spiro atoms. The molecule has 2 unspecified atom stereocenters. The zero-order chi connectivity index (χ0) is 13.7. The number of rotatable bonds is 4. The second-order valence-electron chi connectivity index (χ2n) is 3.90. The number of hydrogen-bond acceptors (Lipinski definition) is 7. The molecule has 0 amide bonds. The van der Waals surface area contributed by atoms with Crippen LogP contribution in [0.15, 0.2) is 0 Å². The molecule has 7 heteroatoms. The van der Waals surface area contributed by atoms with Crippen LogP contribution in [-0.4, -0.2) is 43.0 Å². The number of esters is 3. The third kappa shape index (κ3) is 4.70. The molecule has 7 nitrogen and oxygen atoms in total. The van der Waals surface area contributed by atoms with Gasteiger partial charge in [0.1, 0.15) is 18.8 Å². The van der Waals surface area contributed by atoms with Crippen molar-refractivity contribution in [2.24, 2.45) is 0 Å². The molecule has 1 fully saturated rings. The smallest absolute Gasteiger partial charge is 0.304 e. The summed E-state index contributed by atoms with van der Waals surface area (Å²) in [4.78, 5) is 32.4. The van der Waals surface area contributed by atoms with Gasteiger partial charge in [-0.3, -0.25) is 14.4 Å². The van der Waals surface area contributed by atoms with E-state index in [1.54, 1.807) is 0 Å². The molecule has 0 bridgehead atoms. The van der Waals surface area contributed by atoms with Crippen LogP contribution in [0.5, 0.6) is 0 Å². The third-order valence-corrected chi connectivity index (χ3v) is 2.23. The molecule has 1 saturated heterocycles. The zero-order valence-electron chi connectivity index (χ0n) is 10.5. The normalized spacial score (nSPS) is 26.5. The highest BCUT2D eigenvalue weighted by Gasteiger charge is 2.39. The van der Waals surface area contributed by atoms with Crippen molar-refractivity contribution in [3.8, 4) is 0 Å². The van der Waals surface area contributed by atoms with E-state index in [4.69, 9.17) is 18.9 Å². The lowest BCUT2D eigenvalue weighted by Gasteiger charge is -2.17. The molecule has 0 aliphatic carbocycles. The molecule has 1 aliphatic heterocycles. The summed E-state index contributed by atoms with van der Waals surface area (Å²) in [5.41, 5.74) is 0. The van der Waals surface area contributed by atoms with Gasteiger partial charge in [0.15, 0.2) is 0 Å². The average molecular weight is 260 g/mol. The minimum absolute atomic E-state index is 0.0506. The minimum Gasteiger partial charge on any atom is -0.463 e. The van der Waals surface area contributed by atoms with Crippen LogP contribution in [0, 0.1) is 0 Å². The van der Waals surface area contributed by atoms with Gasteiger partial charge in [-0.25, -0.2) is 0 Å². The van der Waals surface area contributed by atoms with Crippen LogP contribution in [0.4, 0.5) is 0 Å². The summed E-state index contributed by atoms with van der Waals surface area (Å²) in [6.07, 6.45) is -1.77. The van der Waals surface area contributed by atoms with E-state index in [0.29, 0.717) is 0 Å². The Morgan fingerprint density at radius 3 is 2.17 bits per heavy atom. The first kappa shape index (κ1) is 14.4. The Hall–Kier alpha value is -1.63. The van der Waals surface area contributed by atoms with Gasteiger partial charge in [0.05, 0.1) is 6.42 Å². The highest BCUT2D eigenvalue weighted by Crippen LogP contribution is 2.24. The number of hydrogen-bond donors (Lipinski definition) is 0. The largest absolute Gasteiger partial charge is 0.463 e. The highest BCUT2D eigenvalue weighted by atomic mass is 16.7. The number of carbonyl (C=O) groups excluding carboxylic acids is 3. The van der Waals surface area contributed by atoms with Crippen LogP contribution in [0.2, 0.25) is 0 Å². The first-order chi connectivity index (χ1) is 8.38. The van der Waals surface area contributed by atoms with E-state index in [1.165, 1.54) is 20.8 Å². The fraction of sp³-hybridized carbons (Fsp3) is 0.727. The maximum atomic E-state index is 10.9. The van der Waals surface area contributed by atoms with Crippen LogP contribution in [-0.2, 0) is 33.3 Å². The monoisotopic (exact) mass is 260 g/mol. The Balaban J connectivity index is 2.56.